The summed E-state index contributed by atoms with van der Waals surface area (Å²) in [4.78, 5) is 16.9. The van der Waals surface area contributed by atoms with Gasteiger partial charge in [0.2, 0.25) is 5.91 Å². The van der Waals surface area contributed by atoms with Gasteiger partial charge in [-0.15, -0.1) is 0 Å². The lowest BCUT2D eigenvalue weighted by Gasteiger charge is -2.38. The van der Waals surface area contributed by atoms with Gasteiger partial charge in [-0.05, 0) is 47.3 Å². The number of likely N-dealkylation sites (N-methyl/N-ethyl adjacent to an activating group) is 1. The fourth-order valence-electron chi connectivity index (χ4n) is 4.54. The summed E-state index contributed by atoms with van der Waals surface area (Å²) >= 11 is 1.76. The summed E-state index contributed by atoms with van der Waals surface area (Å²) in [5.74, 6) is 0.287. The number of hydrogen-bond donors (Lipinski definition) is 0. The van der Waals surface area contributed by atoms with E-state index in [9.17, 15) is 4.79 Å². The monoisotopic (exact) mass is 340 g/mol. The second kappa shape index (κ2) is 6.34. The maximum absolute atomic E-state index is 12.4. The van der Waals surface area contributed by atoms with Crippen LogP contribution >= 0.6 is 11.3 Å². The molecule has 4 rings (SSSR count). The van der Waals surface area contributed by atoms with E-state index < -0.39 is 0 Å². The van der Waals surface area contributed by atoms with Gasteiger partial charge in [0, 0.05) is 38.0 Å². The predicted molar refractivity (Wildman–Crippen MR) is 98.1 cm³/mol. The largest absolute Gasteiger partial charge is 0.344 e. The predicted octanol–water partition coefficient (Wildman–Crippen LogP) is 3.51. The van der Waals surface area contributed by atoms with Crippen LogP contribution in [0.4, 0.5) is 0 Å². The molecule has 2 aliphatic heterocycles. The zero-order valence-corrected chi connectivity index (χ0v) is 15.0. The standard InChI is InChI=1S/C20H24N2OS/c1-21-14-18-20(9-7-19(21)23,17-5-3-2-4-6-17)10-11-22(18)13-16-8-12-24-15-16/h2-6,8,12,15,18H,7,9-11,13-14H2,1H3/t18-,20+/m0/s1. The number of likely N-dealkylation sites (tertiary alicyclic amines) is 2. The van der Waals surface area contributed by atoms with Crippen molar-refractivity contribution in [2.45, 2.75) is 37.3 Å². The summed E-state index contributed by atoms with van der Waals surface area (Å²) in [5.41, 5.74) is 2.91. The number of fused-ring (bicyclic) bond motifs is 1. The molecule has 0 spiro atoms. The van der Waals surface area contributed by atoms with Crippen molar-refractivity contribution in [3.8, 4) is 0 Å². The van der Waals surface area contributed by atoms with Crippen molar-refractivity contribution in [3.63, 3.8) is 0 Å². The molecule has 1 aromatic carbocycles. The smallest absolute Gasteiger partial charge is 0.222 e. The second-order valence-corrected chi connectivity index (χ2v) is 7.94. The van der Waals surface area contributed by atoms with E-state index in [1.54, 1.807) is 11.3 Å². The minimum atomic E-state index is 0.109. The Bertz CT molecular complexity index is 700. The third kappa shape index (κ3) is 2.68. The van der Waals surface area contributed by atoms with Crippen LogP contribution in [-0.2, 0) is 16.8 Å². The van der Waals surface area contributed by atoms with Crippen molar-refractivity contribution in [2.24, 2.45) is 0 Å². The highest BCUT2D eigenvalue weighted by Crippen LogP contribution is 2.46. The Morgan fingerprint density at radius 2 is 2.04 bits per heavy atom. The molecule has 24 heavy (non-hydrogen) atoms. The Morgan fingerprint density at radius 1 is 1.21 bits per heavy atom. The number of carbonyl (C=O) groups excluding carboxylic acids is 1. The molecular formula is C20H24N2OS. The summed E-state index contributed by atoms with van der Waals surface area (Å²) < 4.78 is 0. The van der Waals surface area contributed by atoms with Gasteiger partial charge in [0.25, 0.3) is 0 Å². The number of amides is 1. The van der Waals surface area contributed by atoms with E-state index in [0.717, 1.165) is 32.5 Å². The normalized spacial score (nSPS) is 28.0. The highest BCUT2D eigenvalue weighted by atomic mass is 32.1. The molecule has 1 aromatic heterocycles. The molecule has 2 atom stereocenters. The first-order chi connectivity index (χ1) is 11.7. The average molecular weight is 340 g/mol. The zero-order chi connectivity index (χ0) is 16.6. The molecule has 2 aliphatic rings. The van der Waals surface area contributed by atoms with Crippen LogP contribution in [0.5, 0.6) is 0 Å². The lowest BCUT2D eigenvalue weighted by Crippen LogP contribution is -2.47. The molecule has 2 saturated heterocycles. The van der Waals surface area contributed by atoms with Crippen molar-refractivity contribution in [2.75, 3.05) is 20.1 Å². The minimum Gasteiger partial charge on any atom is -0.344 e. The Labute approximate surface area is 147 Å². The van der Waals surface area contributed by atoms with Crippen LogP contribution in [-0.4, -0.2) is 41.9 Å². The third-order valence-corrected chi connectivity index (χ3v) is 6.63. The molecule has 126 valence electrons. The lowest BCUT2D eigenvalue weighted by atomic mass is 9.71. The van der Waals surface area contributed by atoms with Crippen molar-refractivity contribution >= 4 is 17.2 Å². The van der Waals surface area contributed by atoms with Gasteiger partial charge in [-0.1, -0.05) is 30.3 Å². The third-order valence-electron chi connectivity index (χ3n) is 5.90. The molecule has 0 saturated carbocycles. The van der Waals surface area contributed by atoms with Gasteiger partial charge >= 0.3 is 0 Å². The number of hydrogen-bond acceptors (Lipinski definition) is 3. The fourth-order valence-corrected chi connectivity index (χ4v) is 5.20. The number of carbonyl (C=O) groups is 1. The maximum atomic E-state index is 12.4. The van der Waals surface area contributed by atoms with Crippen molar-refractivity contribution in [3.05, 3.63) is 58.3 Å². The van der Waals surface area contributed by atoms with Gasteiger partial charge in [-0.2, -0.15) is 11.3 Å². The van der Waals surface area contributed by atoms with Gasteiger partial charge in [0.05, 0.1) is 0 Å². The molecule has 0 N–H and O–H groups in total. The Balaban J connectivity index is 1.70. The van der Waals surface area contributed by atoms with E-state index in [1.807, 2.05) is 11.9 Å². The molecule has 0 radical (unpaired) electrons. The molecule has 3 nitrogen and oxygen atoms in total. The Morgan fingerprint density at radius 3 is 2.79 bits per heavy atom. The molecule has 3 heterocycles. The van der Waals surface area contributed by atoms with Gasteiger partial charge < -0.3 is 4.90 Å². The van der Waals surface area contributed by atoms with Crippen LogP contribution < -0.4 is 0 Å². The molecule has 0 unspecified atom stereocenters. The number of nitrogens with zero attached hydrogens (tertiary/aromatic N) is 2. The van der Waals surface area contributed by atoms with Crippen molar-refractivity contribution in [1.82, 2.24) is 9.80 Å². The quantitative estimate of drug-likeness (QED) is 0.854. The van der Waals surface area contributed by atoms with E-state index >= 15 is 0 Å². The molecule has 1 amide bonds. The fraction of sp³-hybridized carbons (Fsp3) is 0.450. The minimum absolute atomic E-state index is 0.109. The van der Waals surface area contributed by atoms with Crippen molar-refractivity contribution in [1.29, 1.82) is 0 Å². The van der Waals surface area contributed by atoms with E-state index in [-0.39, 0.29) is 11.3 Å². The molecule has 0 aliphatic carbocycles. The van der Waals surface area contributed by atoms with E-state index in [1.165, 1.54) is 11.1 Å². The van der Waals surface area contributed by atoms with Crippen LogP contribution in [0.15, 0.2) is 47.2 Å². The van der Waals surface area contributed by atoms with Gasteiger partial charge in [-0.3, -0.25) is 9.69 Å². The highest BCUT2D eigenvalue weighted by molar-refractivity contribution is 7.07. The summed E-state index contributed by atoms with van der Waals surface area (Å²) in [7, 11) is 1.96. The molecule has 2 aromatic rings. The SMILES string of the molecule is CN1C[C@@H]2N(Cc3ccsc3)CC[C@@]2(c2ccccc2)CCC1=O. The van der Waals surface area contributed by atoms with Crippen LogP contribution in [0.25, 0.3) is 0 Å². The van der Waals surface area contributed by atoms with Gasteiger partial charge in [0.1, 0.15) is 0 Å². The maximum Gasteiger partial charge on any atom is 0.222 e. The summed E-state index contributed by atoms with van der Waals surface area (Å²) in [6.45, 7) is 2.93. The first-order valence-electron chi connectivity index (χ1n) is 8.74. The van der Waals surface area contributed by atoms with Crippen molar-refractivity contribution < 1.29 is 4.79 Å². The highest BCUT2D eigenvalue weighted by Gasteiger charge is 2.50. The Hall–Kier alpha value is -1.65. The molecule has 2 fully saturated rings. The topological polar surface area (TPSA) is 23.6 Å². The number of thiophene rings is 1. The van der Waals surface area contributed by atoms with Crippen LogP contribution in [0.2, 0.25) is 0 Å². The number of rotatable bonds is 3. The molecular weight excluding hydrogens is 316 g/mol. The van der Waals surface area contributed by atoms with E-state index in [0.29, 0.717) is 12.5 Å². The zero-order valence-electron chi connectivity index (χ0n) is 14.1. The molecule has 4 heteroatoms. The molecule has 0 bridgehead atoms. The summed E-state index contributed by atoms with van der Waals surface area (Å²) in [6.07, 6.45) is 2.77. The summed E-state index contributed by atoms with van der Waals surface area (Å²) in [5, 5.41) is 4.40. The van der Waals surface area contributed by atoms with Gasteiger partial charge in [-0.25, -0.2) is 0 Å². The second-order valence-electron chi connectivity index (χ2n) is 7.16. The first kappa shape index (κ1) is 15.9. The van der Waals surface area contributed by atoms with Crippen LogP contribution in [0.1, 0.15) is 30.4 Å². The van der Waals surface area contributed by atoms with E-state index in [4.69, 9.17) is 0 Å². The van der Waals surface area contributed by atoms with Crippen LogP contribution in [0.3, 0.4) is 0 Å². The summed E-state index contributed by atoms with van der Waals surface area (Å²) in [6, 6.07) is 13.5. The van der Waals surface area contributed by atoms with Gasteiger partial charge in [0.15, 0.2) is 0 Å². The first-order valence-corrected chi connectivity index (χ1v) is 9.68. The van der Waals surface area contributed by atoms with Crippen LogP contribution in [0, 0.1) is 0 Å². The average Bonchev–Trinajstić information content (AvgIpc) is 3.21. The number of benzene rings is 1. The Kier molecular flexibility index (Phi) is 4.19. The lowest BCUT2D eigenvalue weighted by molar-refractivity contribution is -0.129. The van der Waals surface area contributed by atoms with E-state index in [2.05, 4.69) is 52.1 Å².